The zero-order chi connectivity index (χ0) is 31.3. The van der Waals surface area contributed by atoms with Crippen molar-refractivity contribution in [2.24, 2.45) is 0 Å². The van der Waals surface area contributed by atoms with Gasteiger partial charge in [0.2, 0.25) is 0 Å². The van der Waals surface area contributed by atoms with Crippen molar-refractivity contribution >= 4 is 44.6 Å². The van der Waals surface area contributed by atoms with E-state index in [2.05, 4.69) is 57.2 Å². The molecule has 0 atom stereocenters. The van der Waals surface area contributed by atoms with Gasteiger partial charge in [-0.25, -0.2) is 4.79 Å². The number of hydrogen-bond donors (Lipinski definition) is 2. The number of nitrogens with zero attached hydrogens (tertiary/aromatic N) is 2. The van der Waals surface area contributed by atoms with Crippen molar-refractivity contribution < 1.29 is 14.3 Å². The lowest BCUT2D eigenvalue weighted by Gasteiger charge is -2.27. The lowest BCUT2D eigenvalue weighted by Crippen LogP contribution is -2.33. The standard InChI is InChI=1S/C38H40N4O3/c1-4-44-38(43)37-31(20-12-24-45-34-21-10-14-27-13-8-9-17-29(27)34)30-18-11-19-32-35(26(2)39)33(40-3)25-41(22-23-42(37)36(30)32)28-15-6-5-7-16-28/h5-11,13-19,21,39-40H,4,12,20,22-25H2,1-3H3/b35-33+,39-26?. The molecule has 1 aliphatic rings. The van der Waals surface area contributed by atoms with Gasteiger partial charge in [0, 0.05) is 59.1 Å². The van der Waals surface area contributed by atoms with Crippen molar-refractivity contribution in [3.05, 3.63) is 114 Å². The number of anilines is 1. The highest BCUT2D eigenvalue weighted by molar-refractivity contribution is 6.25. The quantitative estimate of drug-likeness (QED) is 0.0988. The number of para-hydroxylation sites is 2. The predicted octanol–water partition coefficient (Wildman–Crippen LogP) is 7.47. The van der Waals surface area contributed by atoms with Crippen LogP contribution in [0.2, 0.25) is 0 Å². The average molecular weight is 601 g/mol. The van der Waals surface area contributed by atoms with E-state index < -0.39 is 0 Å². The van der Waals surface area contributed by atoms with Crippen LogP contribution < -0.4 is 15.0 Å². The fourth-order valence-corrected chi connectivity index (χ4v) is 6.57. The summed E-state index contributed by atoms with van der Waals surface area (Å²) in [5, 5.41) is 15.6. The highest BCUT2D eigenvalue weighted by Crippen LogP contribution is 2.36. The Kier molecular flexibility index (Phi) is 8.87. The summed E-state index contributed by atoms with van der Waals surface area (Å²) >= 11 is 0. The van der Waals surface area contributed by atoms with E-state index in [-0.39, 0.29) is 5.97 Å². The fraction of sp³-hybridized carbons (Fsp3) is 0.263. The number of rotatable bonds is 10. The van der Waals surface area contributed by atoms with Crippen molar-refractivity contribution in [1.82, 2.24) is 9.88 Å². The summed E-state index contributed by atoms with van der Waals surface area (Å²) in [6, 6.07) is 30.9. The predicted molar refractivity (Wildman–Crippen MR) is 184 cm³/mol. The molecule has 0 saturated heterocycles. The summed E-state index contributed by atoms with van der Waals surface area (Å²) < 4.78 is 14.1. The molecule has 5 aromatic rings. The van der Waals surface area contributed by atoms with E-state index >= 15 is 0 Å². The van der Waals surface area contributed by atoms with Crippen molar-refractivity contribution in [2.45, 2.75) is 33.2 Å². The second kappa shape index (κ2) is 13.3. The van der Waals surface area contributed by atoms with Crippen molar-refractivity contribution in [1.29, 1.82) is 5.41 Å². The van der Waals surface area contributed by atoms with Gasteiger partial charge < -0.3 is 29.7 Å². The van der Waals surface area contributed by atoms with E-state index in [9.17, 15) is 4.79 Å². The largest absolute Gasteiger partial charge is 0.493 e. The van der Waals surface area contributed by atoms with Crippen LogP contribution >= 0.6 is 0 Å². The summed E-state index contributed by atoms with van der Waals surface area (Å²) in [5.41, 5.74) is 6.85. The molecule has 0 radical (unpaired) electrons. The highest BCUT2D eigenvalue weighted by atomic mass is 16.5. The number of esters is 1. The number of likely N-dealkylation sites (N-methyl/N-ethyl adjacent to an activating group) is 1. The van der Waals surface area contributed by atoms with Gasteiger partial charge in [-0.3, -0.25) is 0 Å². The minimum atomic E-state index is -0.318. The summed E-state index contributed by atoms with van der Waals surface area (Å²) in [6.07, 6.45) is 1.37. The van der Waals surface area contributed by atoms with Crippen molar-refractivity contribution in [2.75, 3.05) is 38.3 Å². The van der Waals surface area contributed by atoms with E-state index in [1.807, 2.05) is 69.4 Å². The van der Waals surface area contributed by atoms with Gasteiger partial charge in [0.05, 0.1) is 25.3 Å². The molecule has 4 aromatic carbocycles. The molecule has 0 aliphatic carbocycles. The normalized spacial score (nSPS) is 15.0. The first-order valence-electron chi connectivity index (χ1n) is 15.7. The Bertz CT molecular complexity index is 1880. The molecule has 230 valence electrons. The number of hydrogen-bond acceptors (Lipinski definition) is 6. The molecular weight excluding hydrogens is 560 g/mol. The van der Waals surface area contributed by atoms with Gasteiger partial charge in [0.15, 0.2) is 0 Å². The molecule has 6 rings (SSSR count). The van der Waals surface area contributed by atoms with Gasteiger partial charge in [-0.05, 0) is 55.8 Å². The van der Waals surface area contributed by atoms with Crippen LogP contribution in [0.5, 0.6) is 5.75 Å². The number of carbonyl (C=O) groups excluding carboxylic acids is 1. The van der Waals surface area contributed by atoms with Crippen LogP contribution in [-0.4, -0.2) is 49.6 Å². The van der Waals surface area contributed by atoms with Crippen molar-refractivity contribution in [3.8, 4) is 5.75 Å². The molecule has 2 N–H and O–H groups in total. The first kappa shape index (κ1) is 30.0. The van der Waals surface area contributed by atoms with Crippen LogP contribution in [0.4, 0.5) is 5.69 Å². The first-order chi connectivity index (χ1) is 22.0. The maximum absolute atomic E-state index is 13.8. The van der Waals surface area contributed by atoms with Crippen LogP contribution in [0.1, 0.15) is 41.9 Å². The molecule has 1 aliphatic heterocycles. The number of aromatic nitrogens is 1. The number of fused-ring (bicyclic) bond motifs is 1. The number of carbonyl (C=O) groups is 1. The molecule has 1 aromatic heterocycles. The van der Waals surface area contributed by atoms with Gasteiger partial charge in [-0.2, -0.15) is 0 Å². The maximum Gasteiger partial charge on any atom is 0.355 e. The first-order valence-corrected chi connectivity index (χ1v) is 15.7. The Labute approximate surface area is 264 Å². The van der Waals surface area contributed by atoms with E-state index in [0.29, 0.717) is 50.7 Å². The lowest BCUT2D eigenvalue weighted by atomic mass is 9.95. The fourth-order valence-electron chi connectivity index (χ4n) is 6.57. The molecule has 0 saturated carbocycles. The second-order valence-corrected chi connectivity index (χ2v) is 11.3. The Morgan fingerprint density at radius 2 is 1.64 bits per heavy atom. The summed E-state index contributed by atoms with van der Waals surface area (Å²) in [5.74, 6) is 0.545. The van der Waals surface area contributed by atoms with Gasteiger partial charge >= 0.3 is 5.97 Å². The number of ether oxygens (including phenoxy) is 2. The lowest BCUT2D eigenvalue weighted by molar-refractivity contribution is 0.0513. The third-order valence-corrected chi connectivity index (χ3v) is 8.55. The van der Waals surface area contributed by atoms with Crippen molar-refractivity contribution in [3.63, 3.8) is 0 Å². The van der Waals surface area contributed by atoms with E-state index in [1.165, 1.54) is 0 Å². The molecule has 7 nitrogen and oxygen atoms in total. The van der Waals surface area contributed by atoms with Gasteiger partial charge in [0.1, 0.15) is 11.4 Å². The minimum absolute atomic E-state index is 0.293. The molecule has 7 heteroatoms. The molecule has 45 heavy (non-hydrogen) atoms. The Hall–Kier alpha value is -5.04. The molecule has 2 heterocycles. The van der Waals surface area contributed by atoms with Crippen LogP contribution in [0.25, 0.3) is 27.2 Å². The monoisotopic (exact) mass is 600 g/mol. The zero-order valence-electron chi connectivity index (χ0n) is 26.2. The minimum Gasteiger partial charge on any atom is -0.493 e. The van der Waals surface area contributed by atoms with E-state index in [0.717, 1.165) is 61.9 Å². The van der Waals surface area contributed by atoms with Crippen LogP contribution in [0, 0.1) is 5.41 Å². The number of benzene rings is 4. The third kappa shape index (κ3) is 5.90. The Balaban J connectivity index is 1.44. The van der Waals surface area contributed by atoms with Gasteiger partial charge in [0.25, 0.3) is 0 Å². The zero-order valence-corrected chi connectivity index (χ0v) is 26.2. The number of nitrogens with one attached hydrogen (secondary N) is 2. The van der Waals surface area contributed by atoms with Crippen LogP contribution in [0.15, 0.2) is 96.7 Å². The van der Waals surface area contributed by atoms with Gasteiger partial charge in [-0.15, -0.1) is 0 Å². The number of aryl methyl sites for hydroxylation is 1. The third-order valence-electron chi connectivity index (χ3n) is 8.55. The molecule has 0 amide bonds. The molecule has 0 fully saturated rings. The van der Waals surface area contributed by atoms with Crippen LogP contribution in [-0.2, 0) is 17.7 Å². The van der Waals surface area contributed by atoms with E-state index in [4.69, 9.17) is 14.9 Å². The number of allylic oxidation sites excluding steroid dienone is 1. The molecule has 0 unspecified atom stereocenters. The second-order valence-electron chi connectivity index (χ2n) is 11.3. The SMILES string of the molecule is CCOC(=O)c1c(CCCOc2cccc3ccccc23)c2cccc3c2n1CCN(c1ccccc1)C/C(NC)=C\3C(C)=N. The topological polar surface area (TPSA) is 79.6 Å². The maximum atomic E-state index is 13.8. The summed E-state index contributed by atoms with van der Waals surface area (Å²) in [6.45, 7) is 6.36. The molecule has 0 bridgehead atoms. The average Bonchev–Trinajstić information content (AvgIpc) is 3.41. The van der Waals surface area contributed by atoms with Gasteiger partial charge in [-0.1, -0.05) is 72.8 Å². The van der Waals surface area contributed by atoms with Crippen LogP contribution in [0.3, 0.4) is 0 Å². The smallest absolute Gasteiger partial charge is 0.355 e. The van der Waals surface area contributed by atoms with E-state index in [1.54, 1.807) is 0 Å². The molecule has 0 spiro atoms. The Morgan fingerprint density at radius 1 is 0.911 bits per heavy atom. The summed E-state index contributed by atoms with van der Waals surface area (Å²) in [4.78, 5) is 16.1. The Morgan fingerprint density at radius 3 is 2.42 bits per heavy atom. The highest BCUT2D eigenvalue weighted by Gasteiger charge is 2.29. The summed E-state index contributed by atoms with van der Waals surface area (Å²) in [7, 11) is 1.92. The molecular formula is C38H40N4O3.